The molecule has 2 aromatic rings. The number of rotatable bonds is 6. The first-order valence-corrected chi connectivity index (χ1v) is 7.26. The first-order valence-electron chi connectivity index (χ1n) is 7.26. The van der Waals surface area contributed by atoms with E-state index in [9.17, 15) is 30.0 Å². The molecule has 0 aliphatic carbocycles. The summed E-state index contributed by atoms with van der Waals surface area (Å²) in [4.78, 5) is 23.1. The highest BCUT2D eigenvalue weighted by Crippen LogP contribution is 2.25. The van der Waals surface area contributed by atoms with E-state index in [0.717, 1.165) is 6.08 Å². The fourth-order valence-corrected chi connectivity index (χ4v) is 2.01. The molecule has 0 aliphatic heterocycles. The summed E-state index contributed by atoms with van der Waals surface area (Å²) < 4.78 is 4.92. The standard InChI is InChI=1S/C18H16O7/c19-13-5-1-12(2-6-13)10-16(18(23)24)25-17(22)8-4-11-3-7-14(20)15(21)9-11/h1-9,16,19-21H,10H2,(H,23,24)/b8-4+. The van der Waals surface area contributed by atoms with Gasteiger partial charge < -0.3 is 25.2 Å². The zero-order valence-electron chi connectivity index (χ0n) is 13.0. The summed E-state index contributed by atoms with van der Waals surface area (Å²) in [6, 6.07) is 9.85. The molecule has 25 heavy (non-hydrogen) atoms. The molecule has 1 atom stereocenters. The quantitative estimate of drug-likeness (QED) is 0.359. The van der Waals surface area contributed by atoms with E-state index in [1.807, 2.05) is 0 Å². The third kappa shape index (κ3) is 5.28. The summed E-state index contributed by atoms with van der Waals surface area (Å²) >= 11 is 0. The number of hydrogen-bond donors (Lipinski definition) is 4. The van der Waals surface area contributed by atoms with Gasteiger partial charge >= 0.3 is 11.9 Å². The molecule has 0 aliphatic rings. The van der Waals surface area contributed by atoms with Gasteiger partial charge in [-0.25, -0.2) is 9.59 Å². The van der Waals surface area contributed by atoms with Crippen LogP contribution in [0.3, 0.4) is 0 Å². The van der Waals surface area contributed by atoms with E-state index in [1.54, 1.807) is 0 Å². The lowest BCUT2D eigenvalue weighted by Gasteiger charge is -2.12. The Morgan fingerprint density at radius 2 is 1.68 bits per heavy atom. The van der Waals surface area contributed by atoms with Crippen LogP contribution in [0, 0.1) is 0 Å². The summed E-state index contributed by atoms with van der Waals surface area (Å²) in [5.74, 6) is -2.74. The zero-order valence-corrected chi connectivity index (χ0v) is 13.0. The molecule has 0 aromatic heterocycles. The molecule has 0 bridgehead atoms. The van der Waals surface area contributed by atoms with Crippen molar-refractivity contribution in [2.45, 2.75) is 12.5 Å². The normalized spacial score (nSPS) is 12.0. The van der Waals surface area contributed by atoms with Crippen molar-refractivity contribution < 1.29 is 34.8 Å². The summed E-state index contributed by atoms with van der Waals surface area (Å²) in [5, 5.41) is 37.0. The van der Waals surface area contributed by atoms with E-state index in [2.05, 4.69) is 0 Å². The monoisotopic (exact) mass is 344 g/mol. The van der Waals surface area contributed by atoms with Gasteiger partial charge in [0.15, 0.2) is 11.5 Å². The maximum absolute atomic E-state index is 11.8. The number of carbonyl (C=O) groups is 2. The molecule has 7 nitrogen and oxygen atoms in total. The van der Waals surface area contributed by atoms with Crippen molar-refractivity contribution in [1.82, 2.24) is 0 Å². The Hall–Kier alpha value is -3.48. The minimum Gasteiger partial charge on any atom is -0.508 e. The average molecular weight is 344 g/mol. The predicted molar refractivity (Wildman–Crippen MR) is 88.1 cm³/mol. The smallest absolute Gasteiger partial charge is 0.345 e. The molecular formula is C18H16O7. The number of phenolic OH excluding ortho intramolecular Hbond substituents is 3. The maximum atomic E-state index is 11.8. The van der Waals surface area contributed by atoms with E-state index in [0.29, 0.717) is 11.1 Å². The van der Waals surface area contributed by atoms with Gasteiger partial charge in [-0.3, -0.25) is 0 Å². The molecule has 0 radical (unpaired) electrons. The van der Waals surface area contributed by atoms with Crippen LogP contribution in [-0.4, -0.2) is 38.5 Å². The SMILES string of the molecule is O=C(/C=C/c1ccc(O)c(O)c1)OC(Cc1ccc(O)cc1)C(=O)O. The molecule has 2 aromatic carbocycles. The number of aliphatic carboxylic acids is 1. The van der Waals surface area contributed by atoms with Crippen molar-refractivity contribution in [1.29, 1.82) is 0 Å². The van der Waals surface area contributed by atoms with Gasteiger partial charge in [-0.2, -0.15) is 0 Å². The molecule has 0 saturated carbocycles. The number of aromatic hydroxyl groups is 3. The van der Waals surface area contributed by atoms with E-state index >= 15 is 0 Å². The lowest BCUT2D eigenvalue weighted by atomic mass is 10.1. The van der Waals surface area contributed by atoms with Gasteiger partial charge in [0.2, 0.25) is 6.10 Å². The van der Waals surface area contributed by atoms with Crippen molar-refractivity contribution >= 4 is 18.0 Å². The summed E-state index contributed by atoms with van der Waals surface area (Å²) in [5.41, 5.74) is 1.02. The van der Waals surface area contributed by atoms with Gasteiger partial charge in [0, 0.05) is 12.5 Å². The van der Waals surface area contributed by atoms with Crippen LogP contribution >= 0.6 is 0 Å². The largest absolute Gasteiger partial charge is 0.508 e. The Morgan fingerprint density at radius 3 is 2.28 bits per heavy atom. The molecular weight excluding hydrogens is 328 g/mol. The van der Waals surface area contributed by atoms with E-state index in [-0.39, 0.29) is 23.7 Å². The summed E-state index contributed by atoms with van der Waals surface area (Å²) in [7, 11) is 0. The minimum atomic E-state index is -1.38. The van der Waals surface area contributed by atoms with Gasteiger partial charge in [0.05, 0.1) is 0 Å². The Labute approximate surface area is 143 Å². The third-order valence-corrected chi connectivity index (χ3v) is 3.30. The number of carboxylic acid groups (broad SMARTS) is 1. The third-order valence-electron chi connectivity index (χ3n) is 3.30. The van der Waals surface area contributed by atoms with Crippen LogP contribution < -0.4 is 0 Å². The van der Waals surface area contributed by atoms with Gasteiger partial charge in [-0.15, -0.1) is 0 Å². The molecule has 7 heteroatoms. The fourth-order valence-electron chi connectivity index (χ4n) is 2.01. The van der Waals surface area contributed by atoms with Crippen LogP contribution in [0.1, 0.15) is 11.1 Å². The molecule has 0 fully saturated rings. The minimum absolute atomic E-state index is 0.0464. The van der Waals surface area contributed by atoms with Crippen molar-refractivity contribution in [3.05, 3.63) is 59.7 Å². The zero-order chi connectivity index (χ0) is 18.4. The van der Waals surface area contributed by atoms with Crippen molar-refractivity contribution in [3.8, 4) is 17.2 Å². The van der Waals surface area contributed by atoms with Crippen LogP contribution in [0.4, 0.5) is 0 Å². The first-order chi connectivity index (χ1) is 11.8. The number of carboxylic acids is 1. The highest BCUT2D eigenvalue weighted by Gasteiger charge is 2.21. The highest BCUT2D eigenvalue weighted by atomic mass is 16.6. The highest BCUT2D eigenvalue weighted by molar-refractivity contribution is 5.89. The number of hydrogen-bond acceptors (Lipinski definition) is 6. The maximum Gasteiger partial charge on any atom is 0.345 e. The van der Waals surface area contributed by atoms with Crippen LogP contribution in [0.5, 0.6) is 17.2 Å². The predicted octanol–water partition coefficient (Wildman–Crippen LogP) is 2.06. The number of phenols is 3. The lowest BCUT2D eigenvalue weighted by molar-refractivity contribution is -0.160. The van der Waals surface area contributed by atoms with E-state index < -0.39 is 18.0 Å². The molecule has 2 rings (SSSR count). The van der Waals surface area contributed by atoms with E-state index in [4.69, 9.17) is 4.74 Å². The van der Waals surface area contributed by atoms with Crippen LogP contribution in [-0.2, 0) is 20.7 Å². The topological polar surface area (TPSA) is 124 Å². The Kier molecular flexibility index (Phi) is 5.62. The van der Waals surface area contributed by atoms with Gasteiger partial charge in [0.1, 0.15) is 5.75 Å². The summed E-state index contributed by atoms with van der Waals surface area (Å²) in [6.07, 6.45) is 0.921. The van der Waals surface area contributed by atoms with Crippen LogP contribution in [0.15, 0.2) is 48.5 Å². The second-order valence-electron chi connectivity index (χ2n) is 5.22. The van der Waals surface area contributed by atoms with Gasteiger partial charge in [-0.1, -0.05) is 18.2 Å². The first kappa shape index (κ1) is 17.9. The molecule has 1 unspecified atom stereocenters. The van der Waals surface area contributed by atoms with Gasteiger partial charge in [0.25, 0.3) is 0 Å². The van der Waals surface area contributed by atoms with Crippen LogP contribution in [0.2, 0.25) is 0 Å². The molecule has 0 spiro atoms. The molecule has 130 valence electrons. The number of esters is 1. The number of carbonyl (C=O) groups excluding carboxylic acids is 1. The molecule has 0 saturated heterocycles. The average Bonchev–Trinajstić information content (AvgIpc) is 2.57. The summed E-state index contributed by atoms with van der Waals surface area (Å²) in [6.45, 7) is 0. The van der Waals surface area contributed by atoms with Crippen LogP contribution in [0.25, 0.3) is 6.08 Å². The fraction of sp³-hybridized carbons (Fsp3) is 0.111. The van der Waals surface area contributed by atoms with Gasteiger partial charge in [-0.05, 0) is 41.5 Å². The van der Waals surface area contributed by atoms with E-state index in [1.165, 1.54) is 48.5 Å². The lowest BCUT2D eigenvalue weighted by Crippen LogP contribution is -2.28. The van der Waals surface area contributed by atoms with Crippen molar-refractivity contribution in [2.75, 3.05) is 0 Å². The van der Waals surface area contributed by atoms with Crippen molar-refractivity contribution in [2.24, 2.45) is 0 Å². The van der Waals surface area contributed by atoms with Crippen molar-refractivity contribution in [3.63, 3.8) is 0 Å². The Balaban J connectivity index is 2.01. The number of benzene rings is 2. The molecule has 0 heterocycles. The number of ether oxygens (including phenoxy) is 1. The second-order valence-corrected chi connectivity index (χ2v) is 5.22. The Morgan fingerprint density at radius 1 is 1.00 bits per heavy atom. The second kappa shape index (κ2) is 7.87. The molecule has 0 amide bonds. The molecule has 4 N–H and O–H groups in total. The Bertz CT molecular complexity index is 794.